The maximum atomic E-state index is 13.5. The van der Waals surface area contributed by atoms with Crippen LogP contribution in [0.2, 0.25) is 5.02 Å². The molecule has 74 valence electrons. The van der Waals surface area contributed by atoms with Crippen molar-refractivity contribution < 1.29 is 4.39 Å². The third-order valence-electron chi connectivity index (χ3n) is 2.25. The van der Waals surface area contributed by atoms with Crippen molar-refractivity contribution in [2.75, 3.05) is 6.54 Å². The van der Waals surface area contributed by atoms with Gasteiger partial charge < -0.3 is 10.7 Å². The third-order valence-corrected chi connectivity index (χ3v) is 2.54. The number of hydrogen-bond donors (Lipinski definition) is 2. The quantitative estimate of drug-likeness (QED) is 0.789. The van der Waals surface area contributed by atoms with Gasteiger partial charge in [-0.05, 0) is 24.6 Å². The van der Waals surface area contributed by atoms with Crippen molar-refractivity contribution in [2.45, 2.75) is 6.42 Å². The van der Waals surface area contributed by atoms with Crippen LogP contribution in [0.3, 0.4) is 0 Å². The molecule has 0 saturated carbocycles. The van der Waals surface area contributed by atoms with E-state index in [0.29, 0.717) is 12.1 Å². The van der Waals surface area contributed by atoms with Crippen LogP contribution in [0.1, 0.15) is 5.56 Å². The van der Waals surface area contributed by atoms with Gasteiger partial charge in [0.15, 0.2) is 5.82 Å². The smallest absolute Gasteiger partial charge is 0.165 e. The number of hydrogen-bond acceptors (Lipinski definition) is 1. The monoisotopic (exact) mass is 212 g/mol. The van der Waals surface area contributed by atoms with Gasteiger partial charge in [-0.1, -0.05) is 17.7 Å². The Morgan fingerprint density at radius 2 is 2.21 bits per heavy atom. The van der Waals surface area contributed by atoms with Gasteiger partial charge >= 0.3 is 0 Å². The fourth-order valence-corrected chi connectivity index (χ4v) is 1.72. The number of benzene rings is 1. The summed E-state index contributed by atoms with van der Waals surface area (Å²) in [5, 5.41) is 0.996. The normalized spacial score (nSPS) is 11.1. The molecule has 0 aliphatic heterocycles. The van der Waals surface area contributed by atoms with Crippen molar-refractivity contribution in [1.82, 2.24) is 4.98 Å². The first-order chi connectivity index (χ1) is 6.74. The molecule has 2 nitrogen and oxygen atoms in total. The summed E-state index contributed by atoms with van der Waals surface area (Å²) < 4.78 is 13.5. The van der Waals surface area contributed by atoms with Crippen molar-refractivity contribution in [3.63, 3.8) is 0 Å². The number of rotatable bonds is 2. The van der Waals surface area contributed by atoms with Crippen molar-refractivity contribution in [3.05, 3.63) is 34.7 Å². The molecule has 0 atom stereocenters. The molecule has 0 aliphatic rings. The zero-order chi connectivity index (χ0) is 10.1. The standard InChI is InChI=1S/C10H10ClFN2/c11-8-2-1-7-6(3-4-13)5-14-10(7)9(8)12/h1-2,5,14H,3-4,13H2. The van der Waals surface area contributed by atoms with E-state index < -0.39 is 5.82 Å². The molecule has 1 aromatic heterocycles. The molecule has 0 fully saturated rings. The zero-order valence-electron chi connectivity index (χ0n) is 7.48. The minimum atomic E-state index is -0.396. The summed E-state index contributed by atoms with van der Waals surface area (Å²) in [4.78, 5) is 2.87. The summed E-state index contributed by atoms with van der Waals surface area (Å²) in [6, 6.07) is 3.37. The molecule has 0 spiro atoms. The highest BCUT2D eigenvalue weighted by Gasteiger charge is 2.09. The Kier molecular flexibility index (Phi) is 2.44. The predicted octanol–water partition coefficient (Wildman–Crippen LogP) is 2.46. The third kappa shape index (κ3) is 1.38. The van der Waals surface area contributed by atoms with Gasteiger partial charge in [0.05, 0.1) is 10.5 Å². The van der Waals surface area contributed by atoms with Crippen molar-refractivity contribution in [2.24, 2.45) is 5.73 Å². The molecule has 1 heterocycles. The summed E-state index contributed by atoms with van der Waals surface area (Å²) in [7, 11) is 0. The first-order valence-electron chi connectivity index (χ1n) is 4.38. The van der Waals surface area contributed by atoms with Gasteiger partial charge in [0.25, 0.3) is 0 Å². The van der Waals surface area contributed by atoms with Gasteiger partial charge in [-0.15, -0.1) is 0 Å². The van der Waals surface area contributed by atoms with Crippen LogP contribution in [0.4, 0.5) is 4.39 Å². The first-order valence-corrected chi connectivity index (χ1v) is 4.76. The number of halogens is 2. The average molecular weight is 213 g/mol. The summed E-state index contributed by atoms with van der Waals surface area (Å²) >= 11 is 5.65. The SMILES string of the molecule is NCCc1c[nH]c2c(F)c(Cl)ccc12. The Hall–Kier alpha value is -1.06. The highest BCUT2D eigenvalue weighted by Crippen LogP contribution is 2.26. The molecule has 4 heteroatoms. The summed E-state index contributed by atoms with van der Waals surface area (Å²) in [6.07, 6.45) is 2.51. The van der Waals surface area contributed by atoms with Crippen LogP contribution in [0.25, 0.3) is 10.9 Å². The van der Waals surface area contributed by atoms with Crippen molar-refractivity contribution >= 4 is 22.5 Å². The summed E-state index contributed by atoms with van der Waals surface area (Å²) in [5.41, 5.74) is 6.93. The molecular formula is C10H10ClFN2. The number of nitrogens with one attached hydrogen (secondary N) is 1. The molecule has 1 aromatic carbocycles. The summed E-state index contributed by atoms with van der Waals surface area (Å²) in [5.74, 6) is -0.396. The van der Waals surface area contributed by atoms with Crippen molar-refractivity contribution in [1.29, 1.82) is 0 Å². The molecule has 3 N–H and O–H groups in total. The van der Waals surface area contributed by atoms with E-state index in [2.05, 4.69) is 4.98 Å². The number of H-pyrrole nitrogens is 1. The molecule has 0 radical (unpaired) electrons. The second-order valence-corrected chi connectivity index (χ2v) is 3.54. The highest BCUT2D eigenvalue weighted by atomic mass is 35.5. The van der Waals surface area contributed by atoms with Crippen LogP contribution in [0.5, 0.6) is 0 Å². The van der Waals surface area contributed by atoms with Gasteiger partial charge in [-0.2, -0.15) is 0 Å². The maximum Gasteiger partial charge on any atom is 0.165 e. The molecule has 14 heavy (non-hydrogen) atoms. The van der Waals surface area contributed by atoms with Crippen LogP contribution >= 0.6 is 11.6 Å². The molecular weight excluding hydrogens is 203 g/mol. The van der Waals surface area contributed by atoms with Gasteiger partial charge in [-0.25, -0.2) is 4.39 Å². The fraction of sp³-hybridized carbons (Fsp3) is 0.200. The number of fused-ring (bicyclic) bond motifs is 1. The molecule has 2 rings (SSSR count). The summed E-state index contributed by atoms with van der Waals surface area (Å²) in [6.45, 7) is 0.553. The lowest BCUT2D eigenvalue weighted by molar-refractivity contribution is 0.638. The van der Waals surface area contributed by atoms with Gasteiger partial charge in [0.2, 0.25) is 0 Å². The number of nitrogens with two attached hydrogens (primary N) is 1. The van der Waals surface area contributed by atoms with Gasteiger partial charge in [-0.3, -0.25) is 0 Å². The van der Waals surface area contributed by atoms with E-state index in [1.54, 1.807) is 12.3 Å². The minimum absolute atomic E-state index is 0.138. The second-order valence-electron chi connectivity index (χ2n) is 3.14. The average Bonchev–Trinajstić information content (AvgIpc) is 2.57. The van der Waals surface area contributed by atoms with Crippen LogP contribution in [-0.4, -0.2) is 11.5 Å². The molecule has 2 aromatic rings. The second kappa shape index (κ2) is 3.59. The van der Waals surface area contributed by atoms with Crippen LogP contribution in [0.15, 0.2) is 18.3 Å². The Morgan fingerprint density at radius 3 is 2.93 bits per heavy atom. The van der Waals surface area contributed by atoms with Gasteiger partial charge in [0, 0.05) is 11.6 Å². The molecule has 0 bridgehead atoms. The zero-order valence-corrected chi connectivity index (χ0v) is 8.24. The molecule has 0 aliphatic carbocycles. The Labute approximate surface area is 85.9 Å². The van der Waals surface area contributed by atoms with Gasteiger partial charge in [0.1, 0.15) is 0 Å². The Balaban J connectivity index is 2.64. The van der Waals surface area contributed by atoms with Crippen LogP contribution in [0, 0.1) is 5.82 Å². The molecule has 0 unspecified atom stereocenters. The highest BCUT2D eigenvalue weighted by molar-refractivity contribution is 6.31. The lowest BCUT2D eigenvalue weighted by Gasteiger charge is -1.98. The van der Waals surface area contributed by atoms with Crippen molar-refractivity contribution in [3.8, 4) is 0 Å². The number of aromatic amines is 1. The van der Waals surface area contributed by atoms with E-state index in [4.69, 9.17) is 17.3 Å². The topological polar surface area (TPSA) is 41.8 Å². The van der Waals surface area contributed by atoms with E-state index in [0.717, 1.165) is 17.4 Å². The van der Waals surface area contributed by atoms with Crippen LogP contribution < -0.4 is 5.73 Å². The lowest BCUT2D eigenvalue weighted by atomic mass is 10.1. The van der Waals surface area contributed by atoms with E-state index in [1.807, 2.05) is 6.07 Å². The largest absolute Gasteiger partial charge is 0.358 e. The van der Waals surface area contributed by atoms with E-state index in [-0.39, 0.29) is 5.02 Å². The molecule has 0 amide bonds. The van der Waals surface area contributed by atoms with E-state index >= 15 is 0 Å². The number of aromatic nitrogens is 1. The van der Waals surface area contributed by atoms with E-state index in [9.17, 15) is 4.39 Å². The Bertz CT molecular complexity index is 464. The fourth-order valence-electron chi connectivity index (χ4n) is 1.56. The Morgan fingerprint density at radius 1 is 1.43 bits per heavy atom. The minimum Gasteiger partial charge on any atom is -0.358 e. The molecule has 0 saturated heterocycles. The van der Waals surface area contributed by atoms with E-state index in [1.165, 1.54) is 0 Å². The van der Waals surface area contributed by atoms with Crippen LogP contribution in [-0.2, 0) is 6.42 Å². The predicted molar refractivity (Wildman–Crippen MR) is 56.0 cm³/mol. The lowest BCUT2D eigenvalue weighted by Crippen LogP contribution is -2.01. The maximum absolute atomic E-state index is 13.5. The first kappa shape index (κ1) is 9.49.